The zero-order chi connectivity index (χ0) is 41.8. The molecule has 350 valence electrons. The molecule has 58 heavy (non-hydrogen) atoms. The van der Waals surface area contributed by atoms with Crippen LogP contribution in [0.25, 0.3) is 0 Å². The summed E-state index contributed by atoms with van der Waals surface area (Å²) in [5.41, 5.74) is 0. The maximum atomic E-state index is 2.36. The Bertz CT molecular complexity index is 663. The van der Waals surface area contributed by atoms with Crippen LogP contribution in [0, 0.1) is 5.92 Å². The Kier molecular flexibility index (Phi) is 55.0. The first-order chi connectivity index (χ1) is 28.8. The minimum Gasteiger partial charge on any atom is -0.0654 e. The second kappa shape index (κ2) is 55.0. The average Bonchev–Trinajstić information content (AvgIpc) is 3.22. The topological polar surface area (TPSA) is 0 Å². The molecule has 0 aromatic carbocycles. The van der Waals surface area contributed by atoms with Crippen LogP contribution in [0.3, 0.4) is 0 Å². The molecule has 0 saturated carbocycles. The van der Waals surface area contributed by atoms with Crippen LogP contribution in [0.5, 0.6) is 0 Å². The molecule has 0 heteroatoms. The van der Waals surface area contributed by atoms with E-state index in [1.807, 2.05) is 0 Å². The highest BCUT2D eigenvalue weighted by Gasteiger charge is 2.00. The minimum absolute atomic E-state index is 0.895. The van der Waals surface area contributed by atoms with Gasteiger partial charge in [0.25, 0.3) is 0 Å². The van der Waals surface area contributed by atoms with E-state index in [4.69, 9.17) is 0 Å². The Labute approximate surface area is 372 Å². The molecule has 0 spiro atoms. The van der Waals surface area contributed by atoms with Crippen molar-refractivity contribution in [2.45, 2.75) is 367 Å². The summed E-state index contributed by atoms with van der Waals surface area (Å²) in [6.45, 7) is 7.02. The standard InChI is InChI=1S/C58H118/c1-4-5-6-7-8-9-10-11-12-13-14-15-16-17-18-19-20-21-22-23-24-25-26-27-28-29-30-31-32-33-34-35-36-37-38-39-40-41-42-43-44-45-46-47-48-49-50-51-52-53-54-55-56-57-58(2)3/h58H,4-57H2,1-3H3. The van der Waals surface area contributed by atoms with E-state index >= 15 is 0 Å². The lowest BCUT2D eigenvalue weighted by Gasteiger charge is -2.05. The third-order valence-corrected chi connectivity index (χ3v) is 13.9. The van der Waals surface area contributed by atoms with Gasteiger partial charge in [-0.25, -0.2) is 0 Å². The SMILES string of the molecule is CCCCCCCCCCCCCCCCCCCCCCCCCCCCCCCCCCCCCCCCCCCCCCCCCCCCCCCC(C)C. The van der Waals surface area contributed by atoms with Crippen molar-refractivity contribution in [3.05, 3.63) is 0 Å². The second-order valence-corrected chi connectivity index (χ2v) is 20.6. The highest BCUT2D eigenvalue weighted by Crippen LogP contribution is 2.19. The highest BCUT2D eigenvalue weighted by atomic mass is 14.1. The molecular formula is C58H118. The second-order valence-electron chi connectivity index (χ2n) is 20.6. The molecule has 0 saturated heterocycles. The van der Waals surface area contributed by atoms with Crippen LogP contribution in [0.15, 0.2) is 0 Å². The maximum absolute atomic E-state index is 2.36. The van der Waals surface area contributed by atoms with E-state index in [2.05, 4.69) is 20.8 Å². The Morgan fingerprint density at radius 3 is 0.362 bits per heavy atom. The van der Waals surface area contributed by atoms with Gasteiger partial charge >= 0.3 is 0 Å². The van der Waals surface area contributed by atoms with Gasteiger partial charge in [0.05, 0.1) is 0 Å². The lowest BCUT2D eigenvalue weighted by Crippen LogP contribution is -1.87. The van der Waals surface area contributed by atoms with E-state index in [1.165, 1.54) is 347 Å². The van der Waals surface area contributed by atoms with Crippen LogP contribution in [0.2, 0.25) is 0 Å². The lowest BCUT2D eigenvalue weighted by molar-refractivity contribution is 0.500. The smallest absolute Gasteiger partial charge is 0.0471 e. The number of unbranched alkanes of at least 4 members (excludes halogenated alkanes) is 52. The lowest BCUT2D eigenvalue weighted by atomic mass is 10.0. The minimum atomic E-state index is 0.895. The molecule has 0 aliphatic carbocycles. The summed E-state index contributed by atoms with van der Waals surface area (Å²) in [4.78, 5) is 0. The van der Waals surface area contributed by atoms with Gasteiger partial charge in [0, 0.05) is 0 Å². The van der Waals surface area contributed by atoms with Crippen molar-refractivity contribution in [2.24, 2.45) is 5.92 Å². The first kappa shape index (κ1) is 58.0. The first-order valence-corrected chi connectivity index (χ1v) is 28.8. The van der Waals surface area contributed by atoms with Crippen LogP contribution >= 0.6 is 0 Å². The van der Waals surface area contributed by atoms with Gasteiger partial charge in [0.2, 0.25) is 0 Å². The van der Waals surface area contributed by atoms with E-state index in [0.717, 1.165) is 5.92 Å². The van der Waals surface area contributed by atoms with Crippen LogP contribution in [-0.2, 0) is 0 Å². The quantitative estimate of drug-likeness (QED) is 0.0537. The number of hydrogen-bond acceptors (Lipinski definition) is 0. The summed E-state index contributed by atoms with van der Waals surface area (Å²) in [5.74, 6) is 0.895. The molecule has 0 rings (SSSR count). The fraction of sp³-hybridized carbons (Fsp3) is 1.00. The Balaban J connectivity index is 3.06. The molecule has 0 aliphatic rings. The first-order valence-electron chi connectivity index (χ1n) is 28.8. The molecule has 0 fully saturated rings. The number of rotatable bonds is 54. The highest BCUT2D eigenvalue weighted by molar-refractivity contribution is 4.55. The molecule has 0 aliphatic heterocycles. The molecule has 0 unspecified atom stereocenters. The third-order valence-electron chi connectivity index (χ3n) is 13.9. The summed E-state index contributed by atoms with van der Waals surface area (Å²) < 4.78 is 0. The van der Waals surface area contributed by atoms with Crippen molar-refractivity contribution < 1.29 is 0 Å². The van der Waals surface area contributed by atoms with Crippen molar-refractivity contribution in [1.82, 2.24) is 0 Å². The number of hydrogen-bond donors (Lipinski definition) is 0. The molecule has 0 nitrogen and oxygen atoms in total. The van der Waals surface area contributed by atoms with Gasteiger partial charge in [-0.05, 0) is 5.92 Å². The molecule has 0 amide bonds. The molecule has 0 aromatic rings. The summed E-state index contributed by atoms with van der Waals surface area (Å²) >= 11 is 0. The predicted octanol–water partition coefficient (Wildman–Crippen LogP) is 22.7. The van der Waals surface area contributed by atoms with E-state index in [-0.39, 0.29) is 0 Å². The Hall–Kier alpha value is 0. The van der Waals surface area contributed by atoms with Crippen molar-refractivity contribution in [1.29, 1.82) is 0 Å². The van der Waals surface area contributed by atoms with Crippen molar-refractivity contribution >= 4 is 0 Å². The zero-order valence-corrected chi connectivity index (χ0v) is 41.8. The monoisotopic (exact) mass is 815 g/mol. The van der Waals surface area contributed by atoms with Gasteiger partial charge in [0.15, 0.2) is 0 Å². The molecule has 0 bridgehead atoms. The van der Waals surface area contributed by atoms with Gasteiger partial charge in [-0.3, -0.25) is 0 Å². The van der Waals surface area contributed by atoms with Gasteiger partial charge < -0.3 is 0 Å². The average molecular weight is 816 g/mol. The largest absolute Gasteiger partial charge is 0.0654 e. The third kappa shape index (κ3) is 56.0. The van der Waals surface area contributed by atoms with Crippen LogP contribution in [0.4, 0.5) is 0 Å². The normalized spacial score (nSPS) is 11.8. The van der Waals surface area contributed by atoms with E-state index in [0.29, 0.717) is 0 Å². The van der Waals surface area contributed by atoms with E-state index in [9.17, 15) is 0 Å². The van der Waals surface area contributed by atoms with Crippen molar-refractivity contribution in [3.8, 4) is 0 Å². The summed E-state index contributed by atoms with van der Waals surface area (Å²) in [5, 5.41) is 0. The van der Waals surface area contributed by atoms with Crippen LogP contribution in [-0.4, -0.2) is 0 Å². The summed E-state index contributed by atoms with van der Waals surface area (Å²) in [7, 11) is 0. The molecule has 0 N–H and O–H groups in total. The van der Waals surface area contributed by atoms with Gasteiger partial charge in [0.1, 0.15) is 0 Å². The fourth-order valence-electron chi connectivity index (χ4n) is 9.64. The maximum Gasteiger partial charge on any atom is -0.0471 e. The predicted molar refractivity (Wildman–Crippen MR) is 270 cm³/mol. The fourth-order valence-corrected chi connectivity index (χ4v) is 9.64. The van der Waals surface area contributed by atoms with E-state index < -0.39 is 0 Å². The van der Waals surface area contributed by atoms with Crippen LogP contribution < -0.4 is 0 Å². The Morgan fingerprint density at radius 2 is 0.259 bits per heavy atom. The molecular weight excluding hydrogens is 697 g/mol. The molecule has 0 heterocycles. The molecule has 0 atom stereocenters. The van der Waals surface area contributed by atoms with E-state index in [1.54, 1.807) is 0 Å². The van der Waals surface area contributed by atoms with Gasteiger partial charge in [-0.15, -0.1) is 0 Å². The van der Waals surface area contributed by atoms with Gasteiger partial charge in [-0.1, -0.05) is 367 Å². The molecule has 0 radical (unpaired) electrons. The Morgan fingerprint density at radius 1 is 0.155 bits per heavy atom. The van der Waals surface area contributed by atoms with Gasteiger partial charge in [-0.2, -0.15) is 0 Å². The van der Waals surface area contributed by atoms with Crippen LogP contribution in [0.1, 0.15) is 367 Å². The molecule has 0 aromatic heterocycles. The van der Waals surface area contributed by atoms with Crippen molar-refractivity contribution in [3.63, 3.8) is 0 Å². The van der Waals surface area contributed by atoms with Crippen molar-refractivity contribution in [2.75, 3.05) is 0 Å². The zero-order valence-electron chi connectivity index (χ0n) is 41.8. The summed E-state index contributed by atoms with van der Waals surface area (Å²) in [6.07, 6.45) is 80.4. The summed E-state index contributed by atoms with van der Waals surface area (Å²) in [6, 6.07) is 0.